The molecule has 0 spiro atoms. The number of aliphatic carboxylic acids is 1. The smallest absolute Gasteiger partial charge is 0.310 e. The molecule has 1 aromatic heterocycles. The average Bonchev–Trinajstić information content (AvgIpc) is 3.43. The van der Waals surface area contributed by atoms with Gasteiger partial charge in [-0.25, -0.2) is 8.78 Å². The molecule has 9 nitrogen and oxygen atoms in total. The van der Waals surface area contributed by atoms with Crippen LogP contribution in [0.3, 0.4) is 0 Å². The molecule has 0 saturated carbocycles. The van der Waals surface area contributed by atoms with Crippen LogP contribution in [-0.4, -0.2) is 58.4 Å². The second kappa shape index (κ2) is 10.6. The highest BCUT2D eigenvalue weighted by Crippen LogP contribution is 2.63. The summed E-state index contributed by atoms with van der Waals surface area (Å²) in [6, 6.07) is 10.8. The first kappa shape index (κ1) is 26.5. The number of carbonyl (C=O) groups is 1. The van der Waals surface area contributed by atoms with Crippen molar-refractivity contribution in [3.05, 3.63) is 77.9 Å². The van der Waals surface area contributed by atoms with E-state index in [2.05, 4.69) is 10.2 Å². The fraction of sp³-hybridized carbons (Fsp3) is 0.423. The number of rotatable bonds is 6. The first-order valence-electron chi connectivity index (χ1n) is 12.6. The largest absolute Gasteiger partial charge is 0.481 e. The van der Waals surface area contributed by atoms with Crippen LogP contribution in [0.1, 0.15) is 48.6 Å². The van der Waals surface area contributed by atoms with E-state index in [0.717, 1.165) is 17.7 Å². The van der Waals surface area contributed by atoms with Crippen LogP contribution in [0.4, 0.5) is 14.5 Å². The third kappa shape index (κ3) is 5.00. The van der Waals surface area contributed by atoms with Crippen LogP contribution < -0.4 is 4.90 Å². The van der Waals surface area contributed by atoms with Crippen molar-refractivity contribution >= 4 is 22.4 Å². The molecule has 0 radical (unpaired) electrons. The van der Waals surface area contributed by atoms with Crippen LogP contribution in [0, 0.1) is 17.6 Å². The van der Waals surface area contributed by atoms with Gasteiger partial charge in [0.25, 0.3) is 0 Å². The third-order valence-electron chi connectivity index (χ3n) is 7.73. The maximum absolute atomic E-state index is 15.4. The fourth-order valence-electron chi connectivity index (χ4n) is 5.64. The number of anilines is 1. The van der Waals surface area contributed by atoms with E-state index in [9.17, 15) is 19.0 Å². The molecular formula is C26H31F2N5O4S. The Labute approximate surface area is 221 Å². The van der Waals surface area contributed by atoms with Gasteiger partial charge in [-0.1, -0.05) is 30.3 Å². The van der Waals surface area contributed by atoms with Gasteiger partial charge in [0.2, 0.25) is 0 Å². The van der Waals surface area contributed by atoms with Crippen molar-refractivity contribution < 1.29 is 27.8 Å². The van der Waals surface area contributed by atoms with E-state index in [-0.39, 0.29) is 30.4 Å². The molecule has 2 fully saturated rings. The van der Waals surface area contributed by atoms with Gasteiger partial charge in [-0.2, -0.15) is 4.31 Å². The van der Waals surface area contributed by atoms with E-state index in [0.29, 0.717) is 25.8 Å². The molecule has 204 valence electrons. The van der Waals surface area contributed by atoms with E-state index in [1.165, 1.54) is 17.0 Å². The lowest BCUT2D eigenvalue weighted by Crippen LogP contribution is -2.45. The highest BCUT2D eigenvalue weighted by molar-refractivity contribution is 8.22. The highest BCUT2D eigenvalue weighted by atomic mass is 32.3. The molecule has 4 unspecified atom stereocenters. The molecule has 0 aliphatic carbocycles. The second-order valence-corrected chi connectivity index (χ2v) is 12.2. The molecule has 3 heterocycles. The van der Waals surface area contributed by atoms with Crippen LogP contribution in [-0.2, 0) is 11.3 Å². The third-order valence-corrected chi connectivity index (χ3v) is 10.2. The lowest BCUT2D eigenvalue weighted by atomic mass is 9.91. The van der Waals surface area contributed by atoms with E-state index >= 15 is 8.78 Å². The number of halogens is 2. The number of carboxylic acid groups (broad SMARTS) is 1. The van der Waals surface area contributed by atoms with E-state index < -0.39 is 45.6 Å². The van der Waals surface area contributed by atoms with Crippen LogP contribution in [0.25, 0.3) is 0 Å². The van der Waals surface area contributed by atoms with Crippen molar-refractivity contribution in [1.82, 2.24) is 19.1 Å². The molecule has 2 aliphatic heterocycles. The minimum atomic E-state index is -3.31. The minimum Gasteiger partial charge on any atom is -0.481 e. The maximum atomic E-state index is 15.4. The molecule has 2 aromatic carbocycles. The molecule has 0 bridgehead atoms. The second-order valence-electron chi connectivity index (χ2n) is 10.0. The number of piperidine rings is 1. The molecule has 4 atom stereocenters. The normalized spacial score (nSPS) is 26.7. The van der Waals surface area contributed by atoms with Crippen molar-refractivity contribution in [2.75, 3.05) is 18.0 Å². The van der Waals surface area contributed by atoms with E-state index in [1.54, 1.807) is 9.47 Å². The summed E-state index contributed by atoms with van der Waals surface area (Å²) >= 11 is 0. The Morgan fingerprint density at radius 2 is 1.76 bits per heavy atom. The van der Waals surface area contributed by atoms with Gasteiger partial charge in [0.05, 0.1) is 22.9 Å². The van der Waals surface area contributed by atoms with E-state index in [4.69, 9.17) is 0 Å². The Morgan fingerprint density at radius 3 is 2.45 bits per heavy atom. The van der Waals surface area contributed by atoms with Gasteiger partial charge in [0.15, 0.2) is 0 Å². The van der Waals surface area contributed by atoms with Gasteiger partial charge in [0.1, 0.15) is 24.3 Å². The average molecular weight is 548 g/mol. The van der Waals surface area contributed by atoms with Crippen LogP contribution in [0.5, 0.6) is 0 Å². The molecule has 12 heteroatoms. The molecule has 3 N–H and O–H groups in total. The molecule has 2 aliphatic rings. The summed E-state index contributed by atoms with van der Waals surface area (Å²) in [5.74, 6) is -3.27. The predicted octanol–water partition coefficient (Wildman–Crippen LogP) is 5.10. The van der Waals surface area contributed by atoms with E-state index in [1.807, 2.05) is 37.3 Å². The van der Waals surface area contributed by atoms with Gasteiger partial charge >= 0.3 is 5.97 Å². The minimum absolute atomic E-state index is 0.00363. The zero-order chi connectivity index (χ0) is 27.0. The molecule has 2 saturated heterocycles. The summed E-state index contributed by atoms with van der Waals surface area (Å²) in [5.41, 5.74) is 0.801. The Hall–Kier alpha value is -3.06. The number of hydrogen-bond donors (Lipinski definition) is 3. The summed E-state index contributed by atoms with van der Waals surface area (Å²) in [6.07, 6.45) is 4.56. The predicted molar refractivity (Wildman–Crippen MR) is 140 cm³/mol. The monoisotopic (exact) mass is 547 g/mol. The first-order chi connectivity index (χ1) is 18.2. The topological polar surface area (TPSA) is 115 Å². The lowest BCUT2D eigenvalue weighted by molar-refractivity contribution is -0.143. The van der Waals surface area contributed by atoms with Crippen molar-refractivity contribution in [2.45, 2.75) is 50.1 Å². The SMILES string of the molecule is CC1CCC(c2ccccc2)S(O)(O)N1Cc1cc(F)c(N2CCC(n3cnnc3)C(C(=O)O)C2)cc1F. The highest BCUT2D eigenvalue weighted by Gasteiger charge is 2.41. The standard InChI is InChI=1S/C26H31F2N5O4S/c1-17-7-8-25(18-5-3-2-4-6-18)38(36,37)33(17)13-19-11-22(28)24(12-21(19)27)31-10-9-23(20(14-31)26(34)35)32-15-29-30-16-32/h2-6,11-12,15-17,20,23,25,36-37H,7-10,13-14H2,1H3,(H,34,35). The maximum Gasteiger partial charge on any atom is 0.310 e. The van der Waals surface area contributed by atoms with Gasteiger partial charge in [-0.05, 0) is 37.8 Å². The lowest BCUT2D eigenvalue weighted by Gasteiger charge is -2.54. The Morgan fingerprint density at radius 1 is 1.05 bits per heavy atom. The van der Waals surface area contributed by atoms with Gasteiger partial charge < -0.3 is 14.6 Å². The fourth-order valence-corrected chi connectivity index (χ4v) is 7.90. The van der Waals surface area contributed by atoms with Gasteiger partial charge in [0, 0.05) is 37.3 Å². The number of aromatic nitrogens is 3. The summed E-state index contributed by atoms with van der Waals surface area (Å²) in [7, 11) is -3.31. The summed E-state index contributed by atoms with van der Waals surface area (Å²) in [4.78, 5) is 13.5. The quantitative estimate of drug-likeness (QED) is 0.391. The summed E-state index contributed by atoms with van der Waals surface area (Å²) in [5, 5.41) is 16.8. The molecule has 38 heavy (non-hydrogen) atoms. The number of nitrogens with zero attached hydrogens (tertiary/aromatic N) is 5. The van der Waals surface area contributed by atoms with Crippen LogP contribution in [0.15, 0.2) is 55.1 Å². The zero-order valence-corrected chi connectivity index (χ0v) is 21.7. The number of hydrogen-bond acceptors (Lipinski definition) is 7. The van der Waals surface area contributed by atoms with Crippen molar-refractivity contribution in [3.8, 4) is 0 Å². The van der Waals surface area contributed by atoms with Crippen molar-refractivity contribution in [2.24, 2.45) is 5.92 Å². The van der Waals surface area contributed by atoms with Gasteiger partial charge in [-0.3, -0.25) is 13.9 Å². The van der Waals surface area contributed by atoms with Crippen LogP contribution >= 0.6 is 10.8 Å². The first-order valence-corrected chi connectivity index (χ1v) is 14.1. The van der Waals surface area contributed by atoms with Crippen molar-refractivity contribution in [3.63, 3.8) is 0 Å². The molecule has 5 rings (SSSR count). The Balaban J connectivity index is 1.37. The molecular weight excluding hydrogens is 516 g/mol. The Kier molecular flexibility index (Phi) is 7.40. The zero-order valence-electron chi connectivity index (χ0n) is 20.9. The Bertz CT molecular complexity index is 1280. The summed E-state index contributed by atoms with van der Waals surface area (Å²) in [6.45, 7) is 2.01. The number of benzene rings is 2. The van der Waals surface area contributed by atoms with Crippen molar-refractivity contribution in [1.29, 1.82) is 0 Å². The number of carboxylic acids is 1. The molecule has 3 aromatic rings. The summed E-state index contributed by atoms with van der Waals surface area (Å²) < 4.78 is 56.4. The molecule has 0 amide bonds. The van der Waals surface area contributed by atoms with Gasteiger partial charge in [-0.15, -0.1) is 21.0 Å². The van der Waals surface area contributed by atoms with Crippen LogP contribution in [0.2, 0.25) is 0 Å².